The molecule has 18 heavy (non-hydrogen) atoms. The van der Waals surface area contributed by atoms with Crippen LogP contribution in [0.1, 0.15) is 20.8 Å². The number of hydrogen-bond donors (Lipinski definition) is 2. The molecule has 0 aliphatic carbocycles. The van der Waals surface area contributed by atoms with Crippen LogP contribution in [0.15, 0.2) is 6.07 Å². The summed E-state index contributed by atoms with van der Waals surface area (Å²) in [7, 11) is 0. The van der Waals surface area contributed by atoms with E-state index in [9.17, 15) is 8.78 Å². The average Bonchev–Trinajstić information content (AvgIpc) is 2.30. The summed E-state index contributed by atoms with van der Waals surface area (Å²) in [5.41, 5.74) is 0. The molecule has 0 radical (unpaired) electrons. The predicted octanol–water partition coefficient (Wildman–Crippen LogP) is 2.00. The minimum absolute atomic E-state index is 0.0255. The molecule has 6 heteroatoms. The van der Waals surface area contributed by atoms with Crippen molar-refractivity contribution in [1.29, 1.82) is 0 Å². The molecule has 0 atom stereocenters. The quantitative estimate of drug-likeness (QED) is 0.820. The summed E-state index contributed by atoms with van der Waals surface area (Å²) in [5.74, 6) is -1.36. The van der Waals surface area contributed by atoms with Crippen LogP contribution in [0.3, 0.4) is 0 Å². The number of halogens is 2. The molecule has 0 unspecified atom stereocenters. The molecule has 0 amide bonds. The fourth-order valence-corrected chi connectivity index (χ4v) is 1.67. The van der Waals surface area contributed by atoms with E-state index in [4.69, 9.17) is 5.11 Å². The molecule has 0 saturated heterocycles. The molecule has 102 valence electrons. The molecular formula is C12H19F2N3O. The number of nitrogens with one attached hydrogen (secondary N) is 1. The van der Waals surface area contributed by atoms with E-state index in [2.05, 4.69) is 10.3 Å². The van der Waals surface area contributed by atoms with Crippen LogP contribution in [0.5, 0.6) is 0 Å². The third-order valence-electron chi connectivity index (χ3n) is 2.49. The van der Waals surface area contributed by atoms with E-state index in [1.54, 1.807) is 11.8 Å². The van der Waals surface area contributed by atoms with Gasteiger partial charge in [-0.1, -0.05) is 0 Å². The van der Waals surface area contributed by atoms with Crippen molar-refractivity contribution < 1.29 is 13.9 Å². The molecular weight excluding hydrogens is 240 g/mol. The minimum atomic E-state index is -0.726. The topological polar surface area (TPSA) is 48.4 Å². The van der Waals surface area contributed by atoms with Gasteiger partial charge in [0.1, 0.15) is 0 Å². The molecule has 0 spiro atoms. The molecule has 4 nitrogen and oxygen atoms in total. The highest BCUT2D eigenvalue weighted by atomic mass is 19.1. The standard InChI is InChI=1S/C12H19F2N3O/c1-4-15-11-9(13)7-10(14)12(16-11)17(5-6-18)8(2)3/h7-8,18H,4-6H2,1-3H3,(H,15,16). The van der Waals surface area contributed by atoms with Gasteiger partial charge in [-0.2, -0.15) is 0 Å². The zero-order chi connectivity index (χ0) is 13.7. The molecule has 0 saturated carbocycles. The molecule has 0 aromatic carbocycles. The van der Waals surface area contributed by atoms with Crippen LogP contribution >= 0.6 is 0 Å². The Balaban J connectivity index is 3.16. The number of anilines is 2. The first kappa shape index (κ1) is 14.6. The summed E-state index contributed by atoms with van der Waals surface area (Å²) in [4.78, 5) is 5.55. The molecule has 2 N–H and O–H groups in total. The number of hydrogen-bond acceptors (Lipinski definition) is 4. The molecule has 0 aliphatic heterocycles. The van der Waals surface area contributed by atoms with Crippen LogP contribution in [0.4, 0.5) is 20.4 Å². The molecule has 1 aromatic rings. The Hall–Kier alpha value is -1.43. The van der Waals surface area contributed by atoms with Gasteiger partial charge in [0, 0.05) is 25.2 Å². The fourth-order valence-electron chi connectivity index (χ4n) is 1.67. The zero-order valence-corrected chi connectivity index (χ0v) is 10.9. The van der Waals surface area contributed by atoms with Gasteiger partial charge < -0.3 is 15.3 Å². The summed E-state index contributed by atoms with van der Waals surface area (Å²) in [5, 5.41) is 11.7. The number of aromatic nitrogens is 1. The van der Waals surface area contributed by atoms with Crippen molar-refractivity contribution in [2.24, 2.45) is 0 Å². The monoisotopic (exact) mass is 259 g/mol. The van der Waals surface area contributed by atoms with Gasteiger partial charge in [-0.15, -0.1) is 0 Å². The first-order valence-corrected chi connectivity index (χ1v) is 5.98. The van der Waals surface area contributed by atoms with Crippen LogP contribution in [-0.2, 0) is 0 Å². The lowest BCUT2D eigenvalue weighted by molar-refractivity contribution is 0.298. The van der Waals surface area contributed by atoms with E-state index >= 15 is 0 Å². The molecule has 0 bridgehead atoms. The molecule has 1 rings (SSSR count). The van der Waals surface area contributed by atoms with Gasteiger partial charge in [-0.05, 0) is 20.8 Å². The van der Waals surface area contributed by atoms with E-state index in [-0.39, 0.29) is 30.8 Å². The van der Waals surface area contributed by atoms with Crippen molar-refractivity contribution in [2.45, 2.75) is 26.8 Å². The maximum absolute atomic E-state index is 13.8. The lowest BCUT2D eigenvalue weighted by Crippen LogP contribution is -2.35. The molecule has 1 aromatic heterocycles. The third-order valence-corrected chi connectivity index (χ3v) is 2.49. The Labute approximate surface area is 106 Å². The van der Waals surface area contributed by atoms with E-state index in [1.165, 1.54) is 0 Å². The van der Waals surface area contributed by atoms with E-state index < -0.39 is 11.6 Å². The van der Waals surface area contributed by atoms with Gasteiger partial charge in [-0.3, -0.25) is 0 Å². The van der Waals surface area contributed by atoms with Crippen molar-refractivity contribution in [3.05, 3.63) is 17.7 Å². The number of aliphatic hydroxyl groups excluding tert-OH is 1. The van der Waals surface area contributed by atoms with Crippen LogP contribution in [0, 0.1) is 11.6 Å². The van der Waals surface area contributed by atoms with Crippen LogP contribution in [0.2, 0.25) is 0 Å². The number of rotatable bonds is 6. The minimum Gasteiger partial charge on any atom is -0.395 e. The lowest BCUT2D eigenvalue weighted by atomic mass is 10.3. The Morgan fingerprint density at radius 2 is 2.06 bits per heavy atom. The van der Waals surface area contributed by atoms with Crippen LogP contribution < -0.4 is 10.2 Å². The number of pyridine rings is 1. The van der Waals surface area contributed by atoms with Gasteiger partial charge in [0.15, 0.2) is 23.3 Å². The van der Waals surface area contributed by atoms with E-state index in [1.807, 2.05) is 13.8 Å². The first-order valence-electron chi connectivity index (χ1n) is 5.98. The van der Waals surface area contributed by atoms with Crippen molar-refractivity contribution in [2.75, 3.05) is 29.9 Å². The van der Waals surface area contributed by atoms with Crippen molar-refractivity contribution in [3.8, 4) is 0 Å². The van der Waals surface area contributed by atoms with Crippen LogP contribution in [0.25, 0.3) is 0 Å². The van der Waals surface area contributed by atoms with Gasteiger partial charge in [0.2, 0.25) is 0 Å². The fraction of sp³-hybridized carbons (Fsp3) is 0.583. The van der Waals surface area contributed by atoms with Crippen molar-refractivity contribution in [3.63, 3.8) is 0 Å². The van der Waals surface area contributed by atoms with Crippen LogP contribution in [-0.4, -0.2) is 35.8 Å². The van der Waals surface area contributed by atoms with E-state index in [0.29, 0.717) is 6.54 Å². The maximum Gasteiger partial charge on any atom is 0.168 e. The second-order valence-corrected chi connectivity index (χ2v) is 4.17. The predicted molar refractivity (Wildman–Crippen MR) is 67.9 cm³/mol. The first-order chi connectivity index (χ1) is 8.51. The van der Waals surface area contributed by atoms with Gasteiger partial charge in [0.25, 0.3) is 0 Å². The highest BCUT2D eigenvalue weighted by Crippen LogP contribution is 2.23. The normalized spacial score (nSPS) is 10.8. The van der Waals surface area contributed by atoms with E-state index in [0.717, 1.165) is 6.07 Å². The average molecular weight is 259 g/mol. The Kier molecular flexibility index (Phi) is 5.27. The number of aliphatic hydroxyl groups is 1. The highest BCUT2D eigenvalue weighted by molar-refractivity contribution is 5.49. The molecule has 0 aliphatic rings. The lowest BCUT2D eigenvalue weighted by Gasteiger charge is -2.27. The second kappa shape index (κ2) is 6.49. The Morgan fingerprint density at radius 3 is 2.56 bits per heavy atom. The Bertz CT molecular complexity index is 399. The third kappa shape index (κ3) is 3.29. The molecule has 1 heterocycles. The number of nitrogens with zero attached hydrogens (tertiary/aromatic N) is 2. The highest BCUT2D eigenvalue weighted by Gasteiger charge is 2.19. The smallest absolute Gasteiger partial charge is 0.168 e. The largest absolute Gasteiger partial charge is 0.395 e. The van der Waals surface area contributed by atoms with Gasteiger partial charge in [-0.25, -0.2) is 13.8 Å². The summed E-state index contributed by atoms with van der Waals surface area (Å²) < 4.78 is 27.2. The SMILES string of the molecule is CCNc1nc(N(CCO)C(C)C)c(F)cc1F. The van der Waals surface area contributed by atoms with Gasteiger partial charge >= 0.3 is 0 Å². The summed E-state index contributed by atoms with van der Waals surface area (Å²) in [6, 6.07) is 0.770. The zero-order valence-electron chi connectivity index (χ0n) is 10.9. The van der Waals surface area contributed by atoms with Crippen molar-refractivity contribution in [1.82, 2.24) is 4.98 Å². The maximum atomic E-state index is 13.8. The van der Waals surface area contributed by atoms with Gasteiger partial charge in [0.05, 0.1) is 6.61 Å². The van der Waals surface area contributed by atoms with Crippen molar-refractivity contribution >= 4 is 11.6 Å². The Morgan fingerprint density at radius 1 is 1.39 bits per heavy atom. The molecule has 0 fully saturated rings. The summed E-state index contributed by atoms with van der Waals surface area (Å²) in [6.07, 6.45) is 0. The summed E-state index contributed by atoms with van der Waals surface area (Å²) in [6.45, 7) is 6.14. The summed E-state index contributed by atoms with van der Waals surface area (Å²) >= 11 is 0. The second-order valence-electron chi connectivity index (χ2n) is 4.17.